The molecule has 0 unspecified atom stereocenters. The Hall–Kier alpha value is -2.78. The molecular weight excluding hydrogens is 288 g/mol. The van der Waals surface area contributed by atoms with Crippen LogP contribution in [-0.4, -0.2) is 10.2 Å². The monoisotopic (exact) mass is 306 g/mol. The molecule has 0 saturated carbocycles. The summed E-state index contributed by atoms with van der Waals surface area (Å²) in [4.78, 5) is 0. The summed E-state index contributed by atoms with van der Waals surface area (Å²) in [6, 6.07) is 22.2. The Balaban J connectivity index is 1.79. The molecule has 3 nitrogen and oxygen atoms in total. The van der Waals surface area contributed by atoms with E-state index in [2.05, 4.69) is 0 Å². The maximum Gasteiger partial charge on any atom is 0.123 e. The van der Waals surface area contributed by atoms with Gasteiger partial charge < -0.3 is 14.9 Å². The number of benzene rings is 3. The Labute approximate surface area is 135 Å². The quantitative estimate of drug-likeness (QED) is 0.683. The molecule has 0 radical (unpaired) electrons. The van der Waals surface area contributed by atoms with Gasteiger partial charge in [0.2, 0.25) is 0 Å². The van der Waals surface area contributed by atoms with Gasteiger partial charge in [-0.15, -0.1) is 0 Å². The van der Waals surface area contributed by atoms with Crippen LogP contribution < -0.4 is 0 Å². The number of phenolic OH excluding ortho intramolecular Hbond substituents is 2. The summed E-state index contributed by atoms with van der Waals surface area (Å²) < 4.78 is 5.79. The summed E-state index contributed by atoms with van der Waals surface area (Å²) in [5.74, 6) is 0.260. The minimum atomic E-state index is 0.123. The van der Waals surface area contributed by atoms with Crippen molar-refractivity contribution in [3.05, 3.63) is 83.9 Å². The van der Waals surface area contributed by atoms with Crippen molar-refractivity contribution in [2.24, 2.45) is 0 Å². The predicted octanol–water partition coefficient (Wildman–Crippen LogP) is 4.48. The molecule has 23 heavy (non-hydrogen) atoms. The van der Waals surface area contributed by atoms with E-state index in [1.54, 1.807) is 6.07 Å². The second-order valence-corrected chi connectivity index (χ2v) is 5.34. The SMILES string of the molecule is Oc1ccc(O)c(-c2ccccc2COCc2ccccc2)c1. The van der Waals surface area contributed by atoms with Crippen molar-refractivity contribution in [1.82, 2.24) is 0 Å². The summed E-state index contributed by atoms with van der Waals surface area (Å²) in [6.45, 7) is 0.960. The Morgan fingerprint density at radius 2 is 1.43 bits per heavy atom. The first-order valence-electron chi connectivity index (χ1n) is 7.46. The lowest BCUT2D eigenvalue weighted by Crippen LogP contribution is -1.96. The second-order valence-electron chi connectivity index (χ2n) is 5.34. The van der Waals surface area contributed by atoms with Crippen LogP contribution in [0.4, 0.5) is 0 Å². The topological polar surface area (TPSA) is 49.7 Å². The zero-order valence-corrected chi connectivity index (χ0v) is 12.6. The fourth-order valence-corrected chi connectivity index (χ4v) is 2.50. The Bertz CT molecular complexity index is 782. The van der Waals surface area contributed by atoms with Gasteiger partial charge in [0.05, 0.1) is 13.2 Å². The fourth-order valence-electron chi connectivity index (χ4n) is 2.50. The van der Waals surface area contributed by atoms with Crippen molar-refractivity contribution in [2.75, 3.05) is 0 Å². The van der Waals surface area contributed by atoms with Crippen molar-refractivity contribution in [1.29, 1.82) is 0 Å². The van der Waals surface area contributed by atoms with Crippen molar-refractivity contribution in [3.63, 3.8) is 0 Å². The van der Waals surface area contributed by atoms with Crippen LogP contribution in [0.2, 0.25) is 0 Å². The van der Waals surface area contributed by atoms with E-state index in [9.17, 15) is 10.2 Å². The van der Waals surface area contributed by atoms with Gasteiger partial charge in [-0.3, -0.25) is 0 Å². The maximum atomic E-state index is 10.1. The molecule has 0 spiro atoms. The number of phenols is 2. The first kappa shape index (κ1) is 15.1. The van der Waals surface area contributed by atoms with E-state index in [0.29, 0.717) is 18.8 Å². The minimum absolute atomic E-state index is 0.123. The standard InChI is InChI=1S/C20H18O3/c21-17-10-11-20(22)19(12-17)18-9-5-4-8-16(18)14-23-13-15-6-2-1-3-7-15/h1-12,21-22H,13-14H2. The van der Waals surface area contributed by atoms with E-state index in [1.807, 2.05) is 54.6 Å². The van der Waals surface area contributed by atoms with Gasteiger partial charge in [0.15, 0.2) is 0 Å². The van der Waals surface area contributed by atoms with Crippen molar-refractivity contribution >= 4 is 0 Å². The van der Waals surface area contributed by atoms with E-state index >= 15 is 0 Å². The highest BCUT2D eigenvalue weighted by atomic mass is 16.5. The van der Waals surface area contributed by atoms with Crippen LogP contribution in [0.15, 0.2) is 72.8 Å². The molecule has 3 heteroatoms. The molecule has 0 saturated heterocycles. The highest BCUT2D eigenvalue weighted by Gasteiger charge is 2.10. The van der Waals surface area contributed by atoms with E-state index in [0.717, 1.165) is 16.7 Å². The van der Waals surface area contributed by atoms with E-state index in [1.165, 1.54) is 12.1 Å². The number of hydrogen-bond acceptors (Lipinski definition) is 3. The summed E-state index contributed by atoms with van der Waals surface area (Å²) in [5, 5.41) is 19.7. The molecule has 0 bridgehead atoms. The van der Waals surface area contributed by atoms with Gasteiger partial charge >= 0.3 is 0 Å². The van der Waals surface area contributed by atoms with Crippen LogP contribution >= 0.6 is 0 Å². The molecule has 0 aromatic heterocycles. The van der Waals surface area contributed by atoms with Crippen molar-refractivity contribution in [2.45, 2.75) is 13.2 Å². The Morgan fingerprint density at radius 3 is 2.26 bits per heavy atom. The molecule has 0 fully saturated rings. The van der Waals surface area contributed by atoms with E-state index in [-0.39, 0.29) is 11.5 Å². The molecule has 0 heterocycles. The molecule has 0 aliphatic heterocycles. The molecule has 3 aromatic rings. The fraction of sp³-hybridized carbons (Fsp3) is 0.100. The minimum Gasteiger partial charge on any atom is -0.508 e. The van der Waals surface area contributed by atoms with Gasteiger partial charge in [-0.1, -0.05) is 54.6 Å². The van der Waals surface area contributed by atoms with Crippen LogP contribution in [0.5, 0.6) is 11.5 Å². The zero-order chi connectivity index (χ0) is 16.1. The highest BCUT2D eigenvalue weighted by molar-refractivity contribution is 5.74. The first-order chi connectivity index (χ1) is 11.2. The third kappa shape index (κ3) is 3.71. The molecule has 0 amide bonds. The van der Waals surface area contributed by atoms with Crippen LogP contribution in [0.1, 0.15) is 11.1 Å². The lowest BCUT2D eigenvalue weighted by atomic mass is 9.99. The van der Waals surface area contributed by atoms with Gasteiger partial charge in [-0.2, -0.15) is 0 Å². The molecule has 116 valence electrons. The second kappa shape index (κ2) is 6.99. The summed E-state index contributed by atoms with van der Waals surface area (Å²) in [5.41, 5.74) is 3.53. The van der Waals surface area contributed by atoms with E-state index in [4.69, 9.17) is 4.74 Å². The number of rotatable bonds is 5. The smallest absolute Gasteiger partial charge is 0.123 e. The maximum absolute atomic E-state index is 10.1. The number of hydrogen-bond donors (Lipinski definition) is 2. The average molecular weight is 306 g/mol. The van der Waals surface area contributed by atoms with Gasteiger partial charge in [0.1, 0.15) is 11.5 Å². The molecule has 3 rings (SSSR count). The van der Waals surface area contributed by atoms with Crippen molar-refractivity contribution in [3.8, 4) is 22.6 Å². The number of ether oxygens (including phenoxy) is 1. The summed E-state index contributed by atoms with van der Waals surface area (Å²) >= 11 is 0. The van der Waals surface area contributed by atoms with Crippen LogP contribution in [0.3, 0.4) is 0 Å². The molecule has 3 aromatic carbocycles. The Kier molecular flexibility index (Phi) is 4.60. The third-order valence-electron chi connectivity index (χ3n) is 3.66. The van der Waals surface area contributed by atoms with Crippen LogP contribution in [-0.2, 0) is 18.0 Å². The third-order valence-corrected chi connectivity index (χ3v) is 3.66. The molecule has 0 atom stereocenters. The van der Waals surface area contributed by atoms with Crippen LogP contribution in [0, 0.1) is 0 Å². The van der Waals surface area contributed by atoms with Gasteiger partial charge in [-0.05, 0) is 34.9 Å². The molecule has 0 aliphatic carbocycles. The first-order valence-corrected chi connectivity index (χ1v) is 7.46. The van der Waals surface area contributed by atoms with Crippen molar-refractivity contribution < 1.29 is 14.9 Å². The summed E-state index contributed by atoms with van der Waals surface area (Å²) in [6.07, 6.45) is 0. The van der Waals surface area contributed by atoms with Crippen LogP contribution in [0.25, 0.3) is 11.1 Å². The predicted molar refractivity (Wildman–Crippen MR) is 90.1 cm³/mol. The van der Waals surface area contributed by atoms with E-state index < -0.39 is 0 Å². The molecule has 0 aliphatic rings. The lowest BCUT2D eigenvalue weighted by molar-refractivity contribution is 0.107. The molecule has 2 N–H and O–H groups in total. The average Bonchev–Trinajstić information content (AvgIpc) is 2.59. The van der Waals surface area contributed by atoms with Gasteiger partial charge in [0.25, 0.3) is 0 Å². The number of aromatic hydroxyl groups is 2. The Morgan fingerprint density at radius 1 is 0.696 bits per heavy atom. The van der Waals surface area contributed by atoms with Gasteiger partial charge in [0, 0.05) is 5.56 Å². The zero-order valence-electron chi connectivity index (χ0n) is 12.6. The highest BCUT2D eigenvalue weighted by Crippen LogP contribution is 2.34. The lowest BCUT2D eigenvalue weighted by Gasteiger charge is -2.12. The normalized spacial score (nSPS) is 10.6. The molecular formula is C20H18O3. The summed E-state index contributed by atoms with van der Waals surface area (Å²) in [7, 11) is 0. The largest absolute Gasteiger partial charge is 0.508 e. The van der Waals surface area contributed by atoms with Gasteiger partial charge in [-0.25, -0.2) is 0 Å².